The van der Waals surface area contributed by atoms with Gasteiger partial charge in [0, 0.05) is 41.4 Å². The number of carbonyl (C=O) groups is 1. The minimum atomic E-state index is 0.0881. The number of H-pyrrole nitrogens is 1. The van der Waals surface area contributed by atoms with Crippen molar-refractivity contribution in [3.8, 4) is 23.6 Å². The van der Waals surface area contributed by atoms with Crippen LogP contribution >= 0.6 is 0 Å². The summed E-state index contributed by atoms with van der Waals surface area (Å²) in [6, 6.07) is 12.2. The summed E-state index contributed by atoms with van der Waals surface area (Å²) in [6.45, 7) is 9.61. The first kappa shape index (κ1) is 19.0. The lowest BCUT2D eigenvalue weighted by Gasteiger charge is -2.40. The van der Waals surface area contributed by atoms with Gasteiger partial charge in [0.25, 0.3) is 5.91 Å². The SMILES string of the molecule is C#Cc1ccc(C2CN(C(=O)c3cc(-c4n[nH]c(C)c4C)c(C)cc3C)C2)cc1. The molecule has 1 N–H and O–H groups in total. The molecular formula is C25H25N3O. The van der Waals surface area contributed by atoms with E-state index < -0.39 is 0 Å². The Morgan fingerprint density at radius 3 is 2.38 bits per heavy atom. The molecule has 1 aliphatic rings. The monoisotopic (exact) mass is 383 g/mol. The van der Waals surface area contributed by atoms with E-state index in [0.29, 0.717) is 5.92 Å². The second-order valence-electron chi connectivity index (χ2n) is 7.98. The summed E-state index contributed by atoms with van der Waals surface area (Å²) >= 11 is 0. The maximum absolute atomic E-state index is 13.2. The highest BCUT2D eigenvalue weighted by molar-refractivity contribution is 5.98. The molecule has 3 aromatic rings. The highest BCUT2D eigenvalue weighted by Crippen LogP contribution is 2.32. The Bertz CT molecular complexity index is 1130. The van der Waals surface area contributed by atoms with E-state index in [1.807, 2.05) is 36.9 Å². The summed E-state index contributed by atoms with van der Waals surface area (Å²) in [5.41, 5.74) is 9.11. The van der Waals surface area contributed by atoms with Crippen molar-refractivity contribution in [3.63, 3.8) is 0 Å². The quantitative estimate of drug-likeness (QED) is 0.676. The number of amides is 1. The van der Waals surface area contributed by atoms with Crippen LogP contribution in [-0.2, 0) is 0 Å². The van der Waals surface area contributed by atoms with Crippen LogP contribution in [0.2, 0.25) is 0 Å². The van der Waals surface area contributed by atoms with Gasteiger partial charge in [-0.3, -0.25) is 9.89 Å². The number of nitrogens with zero attached hydrogens (tertiary/aromatic N) is 2. The van der Waals surface area contributed by atoms with Crippen molar-refractivity contribution in [1.29, 1.82) is 0 Å². The lowest BCUT2D eigenvalue weighted by atomic mass is 9.89. The maximum atomic E-state index is 13.2. The third kappa shape index (κ3) is 3.34. The number of nitrogens with one attached hydrogen (secondary N) is 1. The predicted octanol–water partition coefficient (Wildman–Crippen LogP) is 4.53. The molecule has 1 aromatic heterocycles. The molecule has 0 atom stereocenters. The molecule has 2 aromatic carbocycles. The smallest absolute Gasteiger partial charge is 0.254 e. The van der Waals surface area contributed by atoms with Gasteiger partial charge in [0.2, 0.25) is 0 Å². The molecule has 29 heavy (non-hydrogen) atoms. The molecule has 4 rings (SSSR count). The Morgan fingerprint density at radius 1 is 1.10 bits per heavy atom. The molecule has 0 saturated carbocycles. The first-order valence-corrected chi connectivity index (χ1v) is 9.88. The third-order valence-corrected chi connectivity index (χ3v) is 6.03. The van der Waals surface area contributed by atoms with Gasteiger partial charge in [-0.25, -0.2) is 0 Å². The molecule has 0 aliphatic carbocycles. The number of aromatic nitrogens is 2. The number of hydrogen-bond acceptors (Lipinski definition) is 2. The van der Waals surface area contributed by atoms with Crippen LogP contribution in [0.15, 0.2) is 36.4 Å². The lowest BCUT2D eigenvalue weighted by molar-refractivity contribution is 0.0601. The minimum Gasteiger partial charge on any atom is -0.337 e. The molecule has 1 saturated heterocycles. The fourth-order valence-corrected chi connectivity index (χ4v) is 3.96. The summed E-state index contributed by atoms with van der Waals surface area (Å²) in [5, 5.41) is 7.50. The molecule has 0 bridgehead atoms. The second kappa shape index (κ2) is 7.25. The van der Waals surface area contributed by atoms with E-state index in [0.717, 1.165) is 57.9 Å². The topological polar surface area (TPSA) is 49.0 Å². The summed E-state index contributed by atoms with van der Waals surface area (Å²) in [5.74, 6) is 3.10. The molecule has 1 aliphatic heterocycles. The van der Waals surface area contributed by atoms with Crippen molar-refractivity contribution in [2.75, 3.05) is 13.1 Å². The average Bonchev–Trinajstić information content (AvgIpc) is 3.00. The van der Waals surface area contributed by atoms with Crippen LogP contribution in [0.1, 0.15) is 49.8 Å². The lowest BCUT2D eigenvalue weighted by Crippen LogP contribution is -2.48. The van der Waals surface area contributed by atoms with Gasteiger partial charge in [0.05, 0.1) is 5.69 Å². The molecule has 4 heteroatoms. The third-order valence-electron chi connectivity index (χ3n) is 6.03. The van der Waals surface area contributed by atoms with Crippen molar-refractivity contribution in [2.45, 2.75) is 33.6 Å². The fraction of sp³-hybridized carbons (Fsp3) is 0.280. The zero-order valence-corrected chi connectivity index (χ0v) is 17.3. The molecule has 4 nitrogen and oxygen atoms in total. The van der Waals surface area contributed by atoms with Crippen molar-refractivity contribution in [2.24, 2.45) is 0 Å². The Hall–Kier alpha value is -3.32. The van der Waals surface area contributed by atoms with E-state index in [4.69, 9.17) is 6.42 Å². The van der Waals surface area contributed by atoms with Crippen LogP contribution < -0.4 is 0 Å². The van der Waals surface area contributed by atoms with Gasteiger partial charge in [0.1, 0.15) is 0 Å². The number of aryl methyl sites for hydroxylation is 3. The van der Waals surface area contributed by atoms with E-state index in [1.165, 1.54) is 5.56 Å². The fourth-order valence-electron chi connectivity index (χ4n) is 3.96. The van der Waals surface area contributed by atoms with E-state index in [2.05, 4.69) is 48.2 Å². The van der Waals surface area contributed by atoms with Crippen molar-refractivity contribution < 1.29 is 4.79 Å². The van der Waals surface area contributed by atoms with Crippen LogP contribution in [0.5, 0.6) is 0 Å². The number of aromatic amines is 1. The Morgan fingerprint density at radius 2 is 1.79 bits per heavy atom. The van der Waals surface area contributed by atoms with Crippen LogP contribution in [0, 0.1) is 40.0 Å². The zero-order valence-electron chi connectivity index (χ0n) is 17.3. The van der Waals surface area contributed by atoms with Gasteiger partial charge in [-0.2, -0.15) is 5.10 Å². The normalized spacial score (nSPS) is 13.8. The number of rotatable bonds is 3. The largest absolute Gasteiger partial charge is 0.337 e. The van der Waals surface area contributed by atoms with Gasteiger partial charge >= 0.3 is 0 Å². The van der Waals surface area contributed by atoms with Crippen LogP contribution in [0.25, 0.3) is 11.3 Å². The highest BCUT2D eigenvalue weighted by Gasteiger charge is 2.33. The molecule has 2 heterocycles. The standard InChI is InChI=1S/C25H25N3O/c1-6-19-7-9-20(10-8-19)21-13-28(14-21)25(29)23-12-22(15(2)11-16(23)3)24-17(4)18(5)26-27-24/h1,7-12,21H,13-14H2,2-5H3,(H,26,27). The first-order chi connectivity index (χ1) is 13.9. The Kier molecular flexibility index (Phi) is 4.76. The first-order valence-electron chi connectivity index (χ1n) is 9.88. The molecule has 146 valence electrons. The van der Waals surface area contributed by atoms with Crippen molar-refractivity contribution in [1.82, 2.24) is 15.1 Å². The van der Waals surface area contributed by atoms with Gasteiger partial charge in [-0.05, 0) is 68.1 Å². The molecule has 0 unspecified atom stereocenters. The number of terminal acetylenes is 1. The summed E-state index contributed by atoms with van der Waals surface area (Å²) in [4.78, 5) is 15.1. The molecule has 0 spiro atoms. The maximum Gasteiger partial charge on any atom is 0.254 e. The van der Waals surface area contributed by atoms with Gasteiger partial charge < -0.3 is 4.90 Å². The van der Waals surface area contributed by atoms with Crippen LogP contribution in [0.3, 0.4) is 0 Å². The molecule has 1 fully saturated rings. The highest BCUT2D eigenvalue weighted by atomic mass is 16.2. The van der Waals surface area contributed by atoms with Gasteiger partial charge in [0.15, 0.2) is 0 Å². The predicted molar refractivity (Wildman–Crippen MR) is 116 cm³/mol. The number of benzene rings is 2. The average molecular weight is 383 g/mol. The summed E-state index contributed by atoms with van der Waals surface area (Å²) in [6.07, 6.45) is 5.43. The number of hydrogen-bond donors (Lipinski definition) is 1. The van der Waals surface area contributed by atoms with E-state index in [9.17, 15) is 4.79 Å². The number of carbonyl (C=O) groups excluding carboxylic acids is 1. The van der Waals surface area contributed by atoms with Crippen LogP contribution in [0.4, 0.5) is 0 Å². The van der Waals surface area contributed by atoms with Crippen LogP contribution in [-0.4, -0.2) is 34.1 Å². The second-order valence-corrected chi connectivity index (χ2v) is 7.98. The molecule has 1 amide bonds. The number of likely N-dealkylation sites (tertiary alicyclic amines) is 1. The van der Waals surface area contributed by atoms with E-state index in [-0.39, 0.29) is 5.91 Å². The summed E-state index contributed by atoms with van der Waals surface area (Å²) < 4.78 is 0. The van der Waals surface area contributed by atoms with E-state index in [1.54, 1.807) is 0 Å². The van der Waals surface area contributed by atoms with E-state index >= 15 is 0 Å². The van der Waals surface area contributed by atoms with Gasteiger partial charge in [-0.1, -0.05) is 24.1 Å². The minimum absolute atomic E-state index is 0.0881. The summed E-state index contributed by atoms with van der Waals surface area (Å²) in [7, 11) is 0. The Labute approximate surface area is 172 Å². The Balaban J connectivity index is 1.56. The van der Waals surface area contributed by atoms with Crippen molar-refractivity contribution in [3.05, 3.63) is 75.5 Å². The molecule has 0 radical (unpaired) electrons. The van der Waals surface area contributed by atoms with Gasteiger partial charge in [-0.15, -0.1) is 6.42 Å². The van der Waals surface area contributed by atoms with Crippen molar-refractivity contribution >= 4 is 5.91 Å². The zero-order chi connectivity index (χ0) is 20.7. The molecular weight excluding hydrogens is 358 g/mol.